The Balaban J connectivity index is 1.70. The van der Waals surface area contributed by atoms with E-state index in [0.29, 0.717) is 0 Å². The van der Waals surface area contributed by atoms with Crippen LogP contribution in [0.15, 0.2) is 12.3 Å². The van der Waals surface area contributed by atoms with Crippen LogP contribution in [0.3, 0.4) is 0 Å². The number of likely N-dealkylation sites (tertiary alicyclic amines) is 1. The number of hydrogen-bond acceptors (Lipinski definition) is 1. The summed E-state index contributed by atoms with van der Waals surface area (Å²) in [6.07, 6.45) is 8.77. The van der Waals surface area contributed by atoms with Crippen LogP contribution in [0.25, 0.3) is 0 Å². The molecule has 0 spiro atoms. The molecule has 15 heavy (non-hydrogen) atoms. The molecule has 1 saturated carbocycles. The normalized spacial score (nSPS) is 23.4. The van der Waals surface area contributed by atoms with Crippen molar-refractivity contribution in [3.05, 3.63) is 12.3 Å². The van der Waals surface area contributed by atoms with Crippen molar-refractivity contribution in [1.29, 1.82) is 0 Å². The molecule has 0 radical (unpaired) electrons. The summed E-state index contributed by atoms with van der Waals surface area (Å²) in [4.78, 5) is 13.6. The molecule has 1 heterocycles. The maximum atomic E-state index is 11.7. The molecule has 3 heteroatoms. The van der Waals surface area contributed by atoms with Crippen LogP contribution in [0.5, 0.6) is 0 Å². The number of carbonyl (C=O) groups is 1. The van der Waals surface area contributed by atoms with Crippen LogP contribution in [0, 0.1) is 11.8 Å². The Morgan fingerprint density at radius 1 is 1.27 bits per heavy atom. The van der Waals surface area contributed by atoms with Crippen LogP contribution in [-0.2, 0) is 0 Å². The number of amides is 2. The van der Waals surface area contributed by atoms with E-state index in [2.05, 4.69) is 18.3 Å². The Kier molecular flexibility index (Phi) is 3.29. The fourth-order valence-electron chi connectivity index (χ4n) is 1.85. The van der Waals surface area contributed by atoms with Gasteiger partial charge in [0, 0.05) is 19.3 Å². The maximum absolute atomic E-state index is 11.7. The molecular formula is C12H20N2O. The number of nitrogens with one attached hydrogen (secondary N) is 1. The second-order valence-corrected chi connectivity index (χ2v) is 4.82. The lowest BCUT2D eigenvalue weighted by molar-refractivity contribution is 0.177. The molecule has 0 bridgehead atoms. The average molecular weight is 208 g/mol. The summed E-state index contributed by atoms with van der Waals surface area (Å²) in [6.45, 7) is 4.07. The van der Waals surface area contributed by atoms with Crippen molar-refractivity contribution >= 4 is 6.03 Å². The number of hydrogen-bond donors (Lipinski definition) is 1. The summed E-state index contributed by atoms with van der Waals surface area (Å²) >= 11 is 0. The van der Waals surface area contributed by atoms with Crippen LogP contribution >= 0.6 is 0 Å². The molecule has 2 fully saturated rings. The van der Waals surface area contributed by atoms with E-state index in [-0.39, 0.29) is 6.03 Å². The van der Waals surface area contributed by atoms with Crippen LogP contribution in [0.2, 0.25) is 0 Å². The average Bonchev–Trinajstić information content (AvgIpc) is 3.02. The van der Waals surface area contributed by atoms with Gasteiger partial charge in [0.05, 0.1) is 0 Å². The van der Waals surface area contributed by atoms with Gasteiger partial charge in [-0.3, -0.25) is 0 Å². The smallest absolute Gasteiger partial charge is 0.321 e. The Hall–Kier alpha value is -0.990. The van der Waals surface area contributed by atoms with E-state index < -0.39 is 0 Å². The molecule has 0 atom stereocenters. The molecule has 1 aliphatic carbocycles. The van der Waals surface area contributed by atoms with Gasteiger partial charge in [0.1, 0.15) is 0 Å². The highest BCUT2D eigenvalue weighted by Gasteiger charge is 2.20. The van der Waals surface area contributed by atoms with Crippen molar-refractivity contribution in [3.8, 4) is 0 Å². The molecule has 1 N–H and O–H groups in total. The highest BCUT2D eigenvalue weighted by molar-refractivity contribution is 5.75. The fraction of sp³-hybridized carbons (Fsp3) is 0.750. The molecule has 2 aliphatic rings. The number of allylic oxidation sites excluding steroid dienone is 1. The van der Waals surface area contributed by atoms with Crippen LogP contribution in [0.1, 0.15) is 32.6 Å². The van der Waals surface area contributed by atoms with E-state index >= 15 is 0 Å². The van der Waals surface area contributed by atoms with Crippen molar-refractivity contribution in [3.63, 3.8) is 0 Å². The standard InChI is InChI=1S/C12H20N2O/c1-10-5-8-14(9-6-10)12(15)13-7-4-11-2-3-11/h4,7,10-11H,2-3,5-6,8-9H2,1H3,(H,13,15)/b7-4+. The molecule has 0 aromatic carbocycles. The van der Waals surface area contributed by atoms with Gasteiger partial charge in [0.25, 0.3) is 0 Å². The molecular weight excluding hydrogens is 188 g/mol. The zero-order valence-electron chi connectivity index (χ0n) is 9.41. The number of urea groups is 1. The lowest BCUT2D eigenvalue weighted by Crippen LogP contribution is -2.42. The topological polar surface area (TPSA) is 32.3 Å². The Morgan fingerprint density at radius 3 is 2.53 bits per heavy atom. The minimum absolute atomic E-state index is 0.0683. The minimum atomic E-state index is 0.0683. The van der Waals surface area contributed by atoms with Gasteiger partial charge in [-0.25, -0.2) is 4.79 Å². The molecule has 0 aromatic rings. The highest BCUT2D eigenvalue weighted by atomic mass is 16.2. The summed E-state index contributed by atoms with van der Waals surface area (Å²) in [6, 6.07) is 0.0683. The van der Waals surface area contributed by atoms with Gasteiger partial charge >= 0.3 is 6.03 Å². The molecule has 1 saturated heterocycles. The minimum Gasteiger partial charge on any atom is -0.325 e. The van der Waals surface area contributed by atoms with Crippen molar-refractivity contribution < 1.29 is 4.79 Å². The third-order valence-electron chi connectivity index (χ3n) is 3.27. The van der Waals surface area contributed by atoms with E-state index in [4.69, 9.17) is 0 Å². The third-order valence-corrected chi connectivity index (χ3v) is 3.27. The van der Waals surface area contributed by atoms with E-state index in [0.717, 1.165) is 37.8 Å². The monoisotopic (exact) mass is 208 g/mol. The van der Waals surface area contributed by atoms with Crippen molar-refractivity contribution in [1.82, 2.24) is 10.2 Å². The van der Waals surface area contributed by atoms with Gasteiger partial charge in [-0.05, 0) is 37.5 Å². The first-order valence-electron chi connectivity index (χ1n) is 5.98. The summed E-state index contributed by atoms with van der Waals surface area (Å²) in [5.74, 6) is 1.50. The van der Waals surface area contributed by atoms with E-state index in [1.807, 2.05) is 11.1 Å². The van der Waals surface area contributed by atoms with E-state index in [1.165, 1.54) is 12.8 Å². The zero-order chi connectivity index (χ0) is 10.7. The number of carbonyl (C=O) groups excluding carboxylic acids is 1. The van der Waals surface area contributed by atoms with E-state index in [1.54, 1.807) is 0 Å². The first kappa shape index (κ1) is 10.5. The molecule has 2 rings (SSSR count). The molecule has 0 unspecified atom stereocenters. The second kappa shape index (κ2) is 4.69. The lowest BCUT2D eigenvalue weighted by Gasteiger charge is -2.29. The van der Waals surface area contributed by atoms with E-state index in [9.17, 15) is 4.79 Å². The molecule has 3 nitrogen and oxygen atoms in total. The van der Waals surface area contributed by atoms with Gasteiger partial charge in [0.2, 0.25) is 0 Å². The predicted octanol–water partition coefficient (Wildman–Crippen LogP) is 2.35. The van der Waals surface area contributed by atoms with Crippen molar-refractivity contribution in [2.75, 3.05) is 13.1 Å². The number of nitrogens with zero attached hydrogens (tertiary/aromatic N) is 1. The SMILES string of the molecule is CC1CCN(C(=O)N/C=C/C2CC2)CC1. The highest BCUT2D eigenvalue weighted by Crippen LogP contribution is 2.29. The van der Waals surface area contributed by atoms with Crippen molar-refractivity contribution in [2.24, 2.45) is 11.8 Å². The molecule has 0 aromatic heterocycles. The number of piperidine rings is 1. The molecule has 84 valence electrons. The Labute approximate surface area is 91.5 Å². The summed E-state index contributed by atoms with van der Waals surface area (Å²) in [7, 11) is 0. The van der Waals surface area contributed by atoms with Gasteiger partial charge in [0.15, 0.2) is 0 Å². The van der Waals surface area contributed by atoms with Gasteiger partial charge in [-0.15, -0.1) is 0 Å². The lowest BCUT2D eigenvalue weighted by atomic mass is 10.00. The summed E-state index contributed by atoms with van der Waals surface area (Å²) in [5, 5.41) is 2.84. The van der Waals surface area contributed by atoms with Crippen molar-refractivity contribution in [2.45, 2.75) is 32.6 Å². The second-order valence-electron chi connectivity index (χ2n) is 4.82. The Morgan fingerprint density at radius 2 is 1.93 bits per heavy atom. The number of rotatable bonds is 2. The predicted molar refractivity (Wildman–Crippen MR) is 60.4 cm³/mol. The quantitative estimate of drug-likeness (QED) is 0.742. The molecule has 1 aliphatic heterocycles. The first-order chi connectivity index (χ1) is 7.25. The van der Waals surface area contributed by atoms with Crippen LogP contribution < -0.4 is 5.32 Å². The zero-order valence-corrected chi connectivity index (χ0v) is 9.41. The largest absolute Gasteiger partial charge is 0.325 e. The van der Waals surface area contributed by atoms with Crippen LogP contribution in [0.4, 0.5) is 4.79 Å². The third kappa shape index (κ3) is 3.26. The van der Waals surface area contributed by atoms with Crippen LogP contribution in [-0.4, -0.2) is 24.0 Å². The Bertz CT molecular complexity index is 250. The summed E-state index contributed by atoms with van der Waals surface area (Å²) in [5.41, 5.74) is 0. The fourth-order valence-corrected chi connectivity index (χ4v) is 1.85. The molecule has 2 amide bonds. The summed E-state index contributed by atoms with van der Waals surface area (Å²) < 4.78 is 0. The maximum Gasteiger partial charge on any atom is 0.321 e. The van der Waals surface area contributed by atoms with Gasteiger partial charge in [-0.2, -0.15) is 0 Å². The first-order valence-corrected chi connectivity index (χ1v) is 5.98. The van der Waals surface area contributed by atoms with Gasteiger partial charge < -0.3 is 10.2 Å². The van der Waals surface area contributed by atoms with Gasteiger partial charge in [-0.1, -0.05) is 13.0 Å².